The molecule has 3 N–H and O–H groups in total. The van der Waals surface area contributed by atoms with Crippen LogP contribution in [-0.4, -0.2) is 35.0 Å². The monoisotopic (exact) mass is 471 g/mol. The maximum Gasteiger partial charge on any atom is 0.323 e. The lowest BCUT2D eigenvalue weighted by molar-refractivity contribution is 0.262. The molecular weight excluding hydrogens is 445 g/mol. The molecule has 0 aliphatic carbocycles. The third-order valence-corrected chi connectivity index (χ3v) is 5.90. The maximum atomic E-state index is 13.1. The molecule has 7 nitrogen and oxygen atoms in total. The number of hydrogen-bond acceptors (Lipinski definition) is 4. The predicted octanol–water partition coefficient (Wildman–Crippen LogP) is 5.43. The molecule has 1 aliphatic rings. The number of nitrogens with one attached hydrogen (secondary N) is 3. The SMILES string of the molecule is Cn1ncc(Cl)c1-c1cc(NC(=O)Nc2ccc(F)cc2)ccc1OCCC1CCCCN1. The summed E-state index contributed by atoms with van der Waals surface area (Å²) in [7, 11) is 1.80. The number of aryl methyl sites for hydroxylation is 1. The van der Waals surface area contributed by atoms with Crippen LogP contribution in [-0.2, 0) is 7.05 Å². The molecule has 0 saturated carbocycles. The lowest BCUT2D eigenvalue weighted by Crippen LogP contribution is -2.35. The Balaban J connectivity index is 1.49. The van der Waals surface area contributed by atoms with Gasteiger partial charge in [-0.25, -0.2) is 9.18 Å². The van der Waals surface area contributed by atoms with E-state index in [4.69, 9.17) is 16.3 Å². The minimum absolute atomic E-state index is 0.367. The van der Waals surface area contributed by atoms with Crippen molar-refractivity contribution in [1.29, 1.82) is 0 Å². The second-order valence-corrected chi connectivity index (χ2v) is 8.45. The van der Waals surface area contributed by atoms with Crippen LogP contribution in [0.4, 0.5) is 20.6 Å². The van der Waals surface area contributed by atoms with Crippen molar-refractivity contribution >= 4 is 29.0 Å². The largest absolute Gasteiger partial charge is 0.493 e. The second-order valence-electron chi connectivity index (χ2n) is 8.05. The normalized spacial score (nSPS) is 15.8. The van der Waals surface area contributed by atoms with E-state index in [2.05, 4.69) is 21.0 Å². The minimum Gasteiger partial charge on any atom is -0.493 e. The molecule has 1 atom stereocenters. The van der Waals surface area contributed by atoms with E-state index in [1.165, 1.54) is 37.1 Å². The molecule has 3 aromatic rings. The molecule has 174 valence electrons. The van der Waals surface area contributed by atoms with E-state index in [1.54, 1.807) is 30.1 Å². The van der Waals surface area contributed by atoms with Gasteiger partial charge in [0, 0.05) is 30.0 Å². The first-order valence-electron chi connectivity index (χ1n) is 11.0. The Morgan fingerprint density at radius 3 is 2.67 bits per heavy atom. The molecular formula is C24H27ClFN5O2. The van der Waals surface area contributed by atoms with Gasteiger partial charge in [0.15, 0.2) is 0 Å². The fourth-order valence-electron chi connectivity index (χ4n) is 3.94. The van der Waals surface area contributed by atoms with Crippen molar-refractivity contribution in [3.05, 3.63) is 59.5 Å². The Kier molecular flexibility index (Phi) is 7.47. The molecule has 1 aliphatic heterocycles. The summed E-state index contributed by atoms with van der Waals surface area (Å²) < 4.78 is 20.9. The standard InChI is InChI=1S/C24H27ClFN5O2/c1-31-23(21(25)15-28-31)20-14-19(30-24(32)29-18-7-5-16(26)6-8-18)9-10-22(20)33-13-11-17-4-2-3-12-27-17/h5-10,14-15,17,27H,2-4,11-13H2,1H3,(H2,29,30,32). The summed E-state index contributed by atoms with van der Waals surface area (Å²) in [4.78, 5) is 12.4. The topological polar surface area (TPSA) is 80.2 Å². The Bertz CT molecular complexity index is 1080. The fourth-order valence-corrected chi connectivity index (χ4v) is 4.21. The lowest BCUT2D eigenvalue weighted by atomic mass is 10.0. The summed E-state index contributed by atoms with van der Waals surface area (Å²) >= 11 is 6.41. The summed E-state index contributed by atoms with van der Waals surface area (Å²) in [5.41, 5.74) is 2.48. The molecule has 4 rings (SSSR count). The Morgan fingerprint density at radius 1 is 1.21 bits per heavy atom. The molecule has 1 unspecified atom stereocenters. The van der Waals surface area contributed by atoms with E-state index in [-0.39, 0.29) is 5.82 Å². The highest BCUT2D eigenvalue weighted by Crippen LogP contribution is 2.36. The number of carbonyl (C=O) groups is 1. The van der Waals surface area contributed by atoms with Crippen LogP contribution in [0.15, 0.2) is 48.7 Å². The van der Waals surface area contributed by atoms with E-state index < -0.39 is 6.03 Å². The Hall–Kier alpha value is -3.10. The molecule has 0 bridgehead atoms. The van der Waals surface area contributed by atoms with Gasteiger partial charge in [-0.3, -0.25) is 4.68 Å². The molecule has 9 heteroatoms. The highest BCUT2D eigenvalue weighted by atomic mass is 35.5. The summed E-state index contributed by atoms with van der Waals surface area (Å²) in [6.45, 7) is 1.62. The first-order chi connectivity index (χ1) is 16.0. The van der Waals surface area contributed by atoms with Crippen LogP contribution < -0.4 is 20.7 Å². The van der Waals surface area contributed by atoms with Crippen molar-refractivity contribution in [3.8, 4) is 17.0 Å². The van der Waals surface area contributed by atoms with Crippen LogP contribution in [0.5, 0.6) is 5.75 Å². The highest BCUT2D eigenvalue weighted by molar-refractivity contribution is 6.33. The van der Waals surface area contributed by atoms with Crippen LogP contribution in [0.25, 0.3) is 11.3 Å². The van der Waals surface area contributed by atoms with E-state index in [1.807, 2.05) is 6.07 Å². The minimum atomic E-state index is -0.444. The molecule has 0 spiro atoms. The molecule has 33 heavy (non-hydrogen) atoms. The van der Waals surface area contributed by atoms with Crippen LogP contribution in [0.2, 0.25) is 5.02 Å². The van der Waals surface area contributed by atoms with Crippen LogP contribution in [0.1, 0.15) is 25.7 Å². The van der Waals surface area contributed by atoms with Crippen LogP contribution in [0.3, 0.4) is 0 Å². The second kappa shape index (κ2) is 10.7. The summed E-state index contributed by atoms with van der Waals surface area (Å²) in [6.07, 6.45) is 6.12. The zero-order valence-corrected chi connectivity index (χ0v) is 19.2. The van der Waals surface area contributed by atoms with Crippen molar-refractivity contribution in [3.63, 3.8) is 0 Å². The van der Waals surface area contributed by atoms with Gasteiger partial charge >= 0.3 is 6.03 Å². The van der Waals surface area contributed by atoms with Crippen molar-refractivity contribution in [2.24, 2.45) is 7.05 Å². The summed E-state index contributed by atoms with van der Waals surface area (Å²) in [6, 6.07) is 11.0. The van der Waals surface area contributed by atoms with Gasteiger partial charge in [-0.2, -0.15) is 5.10 Å². The van der Waals surface area contributed by atoms with Gasteiger partial charge in [0.05, 0.1) is 23.5 Å². The number of ether oxygens (including phenoxy) is 1. The molecule has 2 amide bonds. The molecule has 1 fully saturated rings. The zero-order valence-electron chi connectivity index (χ0n) is 18.4. The van der Waals surface area contributed by atoms with Gasteiger partial charge in [0.25, 0.3) is 0 Å². The summed E-state index contributed by atoms with van der Waals surface area (Å²) in [5, 5.41) is 13.7. The van der Waals surface area contributed by atoms with Gasteiger partial charge in [-0.1, -0.05) is 18.0 Å². The number of hydrogen-bond donors (Lipinski definition) is 3. The molecule has 1 aromatic heterocycles. The number of urea groups is 1. The van der Waals surface area contributed by atoms with E-state index in [0.29, 0.717) is 40.5 Å². The number of anilines is 2. The van der Waals surface area contributed by atoms with Gasteiger partial charge in [-0.15, -0.1) is 0 Å². The summed E-state index contributed by atoms with van der Waals surface area (Å²) in [5.74, 6) is 0.300. The third kappa shape index (κ3) is 6.03. The number of benzene rings is 2. The van der Waals surface area contributed by atoms with Crippen molar-refractivity contribution in [2.45, 2.75) is 31.7 Å². The average molecular weight is 472 g/mol. The smallest absolute Gasteiger partial charge is 0.323 e. The number of halogens is 2. The Morgan fingerprint density at radius 2 is 1.97 bits per heavy atom. The van der Waals surface area contributed by atoms with Gasteiger partial charge in [0.1, 0.15) is 11.6 Å². The number of piperidine rings is 1. The van der Waals surface area contributed by atoms with Crippen LogP contribution in [0, 0.1) is 5.82 Å². The molecule has 1 saturated heterocycles. The molecule has 2 aromatic carbocycles. The average Bonchev–Trinajstić information content (AvgIpc) is 3.14. The number of nitrogens with zero attached hydrogens (tertiary/aromatic N) is 2. The quantitative estimate of drug-likeness (QED) is 0.429. The number of carbonyl (C=O) groups excluding carboxylic acids is 1. The lowest BCUT2D eigenvalue weighted by Gasteiger charge is -2.23. The number of amides is 2. The molecule has 2 heterocycles. The van der Waals surface area contributed by atoms with E-state index >= 15 is 0 Å². The first-order valence-corrected chi connectivity index (χ1v) is 11.4. The number of aromatic nitrogens is 2. The first kappa shape index (κ1) is 23.1. The van der Waals surface area contributed by atoms with Crippen molar-refractivity contribution < 1.29 is 13.9 Å². The van der Waals surface area contributed by atoms with Crippen LogP contribution >= 0.6 is 11.6 Å². The fraction of sp³-hybridized carbons (Fsp3) is 0.333. The third-order valence-electron chi connectivity index (χ3n) is 5.63. The van der Waals surface area contributed by atoms with E-state index in [9.17, 15) is 9.18 Å². The van der Waals surface area contributed by atoms with Gasteiger partial charge < -0.3 is 20.7 Å². The van der Waals surface area contributed by atoms with Crippen molar-refractivity contribution in [2.75, 3.05) is 23.8 Å². The Labute approximate surface area is 197 Å². The molecule has 0 radical (unpaired) electrons. The number of rotatable bonds is 7. The van der Waals surface area contributed by atoms with Gasteiger partial charge in [0.2, 0.25) is 0 Å². The maximum absolute atomic E-state index is 13.1. The van der Waals surface area contributed by atoms with E-state index in [0.717, 1.165) is 24.9 Å². The van der Waals surface area contributed by atoms with Gasteiger partial charge in [-0.05, 0) is 68.3 Å². The van der Waals surface area contributed by atoms with Crippen molar-refractivity contribution in [1.82, 2.24) is 15.1 Å². The zero-order chi connectivity index (χ0) is 23.2. The highest BCUT2D eigenvalue weighted by Gasteiger charge is 2.18. The predicted molar refractivity (Wildman–Crippen MR) is 128 cm³/mol.